The number of nitrogens with zero attached hydrogens (tertiary/aromatic N) is 2. The summed E-state index contributed by atoms with van der Waals surface area (Å²) in [6.07, 6.45) is 3.54. The Morgan fingerprint density at radius 2 is 2.00 bits per heavy atom. The van der Waals surface area contributed by atoms with Gasteiger partial charge in [0, 0.05) is 17.9 Å². The van der Waals surface area contributed by atoms with Gasteiger partial charge in [-0.3, -0.25) is 0 Å². The Balaban J connectivity index is 2.03. The Bertz CT molecular complexity index is 610. The van der Waals surface area contributed by atoms with E-state index in [1.165, 1.54) is 24.1 Å². The van der Waals surface area contributed by atoms with Gasteiger partial charge in [0.1, 0.15) is 5.82 Å². The minimum absolute atomic E-state index is 0.0513. The first-order chi connectivity index (χ1) is 9.79. The molecule has 1 N–H and O–H groups in total. The molecule has 0 saturated heterocycles. The van der Waals surface area contributed by atoms with Gasteiger partial charge in [0.05, 0.1) is 6.61 Å². The van der Waals surface area contributed by atoms with Gasteiger partial charge in [-0.1, -0.05) is 24.3 Å². The number of pyridine rings is 1. The lowest BCUT2D eigenvalue weighted by Gasteiger charge is -2.24. The summed E-state index contributed by atoms with van der Waals surface area (Å²) >= 11 is 0. The van der Waals surface area contributed by atoms with Crippen LogP contribution in [0.25, 0.3) is 0 Å². The average molecular weight is 268 g/mol. The second kappa shape index (κ2) is 5.63. The van der Waals surface area contributed by atoms with Crippen LogP contribution in [0.15, 0.2) is 36.4 Å². The first kappa shape index (κ1) is 13.1. The summed E-state index contributed by atoms with van der Waals surface area (Å²) in [4.78, 5) is 6.98. The molecule has 0 radical (unpaired) electrons. The molecule has 2 aromatic rings. The molecule has 0 aliphatic carbocycles. The summed E-state index contributed by atoms with van der Waals surface area (Å²) in [5, 5.41) is 9.27. The predicted octanol–water partition coefficient (Wildman–Crippen LogP) is 3.36. The summed E-state index contributed by atoms with van der Waals surface area (Å²) in [7, 11) is 0. The Labute approximate surface area is 119 Å². The van der Waals surface area contributed by atoms with E-state index in [1.54, 1.807) is 0 Å². The van der Waals surface area contributed by atoms with Crippen LogP contribution in [0.1, 0.15) is 29.7 Å². The van der Waals surface area contributed by atoms with E-state index in [-0.39, 0.29) is 6.61 Å². The van der Waals surface area contributed by atoms with Gasteiger partial charge in [0.2, 0.25) is 0 Å². The molecule has 1 aromatic carbocycles. The Kier molecular flexibility index (Phi) is 3.70. The SMILES string of the molecule is Cc1nc(N2CCCCc3ccccc32)ccc1CO. The third-order valence-electron chi connectivity index (χ3n) is 3.99. The molecule has 0 fully saturated rings. The van der Waals surface area contributed by atoms with Crippen molar-refractivity contribution in [2.24, 2.45) is 0 Å². The van der Waals surface area contributed by atoms with Gasteiger partial charge in [-0.25, -0.2) is 4.98 Å². The average Bonchev–Trinajstić information content (AvgIpc) is 2.69. The van der Waals surface area contributed by atoms with Crippen molar-refractivity contribution >= 4 is 11.5 Å². The fraction of sp³-hybridized carbons (Fsp3) is 0.353. The van der Waals surface area contributed by atoms with Crippen molar-refractivity contribution in [1.29, 1.82) is 0 Å². The number of aliphatic hydroxyl groups is 1. The molecular formula is C17H20N2O. The first-order valence-corrected chi connectivity index (χ1v) is 7.22. The summed E-state index contributed by atoms with van der Waals surface area (Å²) in [6, 6.07) is 12.6. The number of rotatable bonds is 2. The van der Waals surface area contributed by atoms with E-state index >= 15 is 0 Å². The third kappa shape index (κ3) is 2.41. The van der Waals surface area contributed by atoms with E-state index in [1.807, 2.05) is 19.1 Å². The van der Waals surface area contributed by atoms with Crippen molar-refractivity contribution in [3.63, 3.8) is 0 Å². The highest BCUT2D eigenvalue weighted by Gasteiger charge is 2.17. The summed E-state index contributed by atoms with van der Waals surface area (Å²) in [5.41, 5.74) is 4.48. The van der Waals surface area contributed by atoms with E-state index in [0.717, 1.165) is 30.0 Å². The molecule has 0 atom stereocenters. The highest BCUT2D eigenvalue weighted by molar-refractivity contribution is 5.64. The number of benzene rings is 1. The number of aryl methyl sites for hydroxylation is 2. The zero-order valence-electron chi connectivity index (χ0n) is 11.8. The first-order valence-electron chi connectivity index (χ1n) is 7.22. The quantitative estimate of drug-likeness (QED) is 0.907. The van der Waals surface area contributed by atoms with Crippen LogP contribution in [0.3, 0.4) is 0 Å². The molecule has 3 nitrogen and oxygen atoms in total. The van der Waals surface area contributed by atoms with Gasteiger partial charge in [-0.2, -0.15) is 0 Å². The summed E-state index contributed by atoms with van der Waals surface area (Å²) in [6.45, 7) is 3.01. The van der Waals surface area contributed by atoms with E-state index in [0.29, 0.717) is 0 Å². The molecule has 1 aromatic heterocycles. The zero-order valence-corrected chi connectivity index (χ0v) is 11.8. The van der Waals surface area contributed by atoms with Crippen LogP contribution in [0, 0.1) is 6.92 Å². The van der Waals surface area contributed by atoms with Crippen molar-refractivity contribution in [3.05, 3.63) is 53.2 Å². The van der Waals surface area contributed by atoms with Gasteiger partial charge in [0.25, 0.3) is 0 Å². The van der Waals surface area contributed by atoms with E-state index < -0.39 is 0 Å². The minimum Gasteiger partial charge on any atom is -0.392 e. The van der Waals surface area contributed by atoms with Crippen molar-refractivity contribution in [2.75, 3.05) is 11.4 Å². The molecule has 1 aliphatic rings. The molecule has 104 valence electrons. The molecular weight excluding hydrogens is 248 g/mol. The van der Waals surface area contributed by atoms with E-state index in [4.69, 9.17) is 0 Å². The smallest absolute Gasteiger partial charge is 0.133 e. The maximum absolute atomic E-state index is 9.27. The van der Waals surface area contributed by atoms with Gasteiger partial charge in [-0.15, -0.1) is 0 Å². The Morgan fingerprint density at radius 1 is 1.15 bits per heavy atom. The van der Waals surface area contributed by atoms with Crippen LogP contribution in [-0.2, 0) is 13.0 Å². The highest BCUT2D eigenvalue weighted by Crippen LogP contribution is 2.31. The van der Waals surface area contributed by atoms with E-state index in [9.17, 15) is 5.11 Å². The lowest BCUT2D eigenvalue weighted by Crippen LogP contribution is -2.19. The van der Waals surface area contributed by atoms with Crippen molar-refractivity contribution in [3.8, 4) is 0 Å². The second-order valence-corrected chi connectivity index (χ2v) is 5.31. The van der Waals surface area contributed by atoms with Gasteiger partial charge >= 0.3 is 0 Å². The largest absolute Gasteiger partial charge is 0.392 e. The number of aromatic nitrogens is 1. The second-order valence-electron chi connectivity index (χ2n) is 5.31. The lowest BCUT2D eigenvalue weighted by atomic mass is 10.1. The topological polar surface area (TPSA) is 36.4 Å². The van der Waals surface area contributed by atoms with Crippen LogP contribution in [0.2, 0.25) is 0 Å². The van der Waals surface area contributed by atoms with Gasteiger partial charge in [-0.05, 0) is 49.4 Å². The van der Waals surface area contributed by atoms with Crippen molar-refractivity contribution in [2.45, 2.75) is 32.8 Å². The van der Waals surface area contributed by atoms with Crippen LogP contribution < -0.4 is 4.90 Å². The van der Waals surface area contributed by atoms with Crippen molar-refractivity contribution < 1.29 is 5.11 Å². The molecule has 0 spiro atoms. The molecule has 0 saturated carbocycles. The van der Waals surface area contributed by atoms with Crippen LogP contribution in [0.4, 0.5) is 11.5 Å². The minimum atomic E-state index is 0.0513. The Morgan fingerprint density at radius 3 is 2.80 bits per heavy atom. The monoisotopic (exact) mass is 268 g/mol. The Hall–Kier alpha value is -1.87. The number of anilines is 2. The number of fused-ring (bicyclic) bond motifs is 1. The molecule has 1 aliphatic heterocycles. The van der Waals surface area contributed by atoms with Crippen LogP contribution in [-0.4, -0.2) is 16.6 Å². The predicted molar refractivity (Wildman–Crippen MR) is 81.3 cm³/mol. The van der Waals surface area contributed by atoms with Gasteiger partial charge < -0.3 is 10.0 Å². The molecule has 3 rings (SSSR count). The number of hydrogen-bond donors (Lipinski definition) is 1. The fourth-order valence-electron chi connectivity index (χ4n) is 2.82. The normalized spacial score (nSPS) is 14.8. The van der Waals surface area contributed by atoms with Gasteiger partial charge in [0.15, 0.2) is 0 Å². The molecule has 2 heterocycles. The maximum atomic E-state index is 9.27. The highest BCUT2D eigenvalue weighted by atomic mass is 16.3. The molecule has 3 heteroatoms. The standard InChI is InChI=1S/C17H20N2O/c1-13-15(12-20)9-10-17(18-13)19-11-5-4-7-14-6-2-3-8-16(14)19/h2-3,6,8-10,20H,4-5,7,11-12H2,1H3. The summed E-state index contributed by atoms with van der Waals surface area (Å²) in [5.74, 6) is 0.981. The number of hydrogen-bond acceptors (Lipinski definition) is 3. The third-order valence-corrected chi connectivity index (χ3v) is 3.99. The van der Waals surface area contributed by atoms with Crippen LogP contribution >= 0.6 is 0 Å². The molecule has 0 amide bonds. The number of para-hydroxylation sites is 1. The lowest BCUT2D eigenvalue weighted by molar-refractivity contribution is 0.280. The molecule has 0 unspecified atom stereocenters. The molecule has 0 bridgehead atoms. The maximum Gasteiger partial charge on any atom is 0.133 e. The fourth-order valence-corrected chi connectivity index (χ4v) is 2.82. The number of aliphatic hydroxyl groups excluding tert-OH is 1. The molecule has 20 heavy (non-hydrogen) atoms. The zero-order chi connectivity index (χ0) is 13.9. The van der Waals surface area contributed by atoms with E-state index in [2.05, 4.69) is 34.1 Å². The van der Waals surface area contributed by atoms with Crippen LogP contribution in [0.5, 0.6) is 0 Å². The van der Waals surface area contributed by atoms with Crippen molar-refractivity contribution in [1.82, 2.24) is 4.98 Å². The summed E-state index contributed by atoms with van der Waals surface area (Å²) < 4.78 is 0.